The Hall–Kier alpha value is -1.18. The molecule has 0 N–H and O–H groups in total. The van der Waals surface area contributed by atoms with Crippen molar-refractivity contribution in [1.82, 2.24) is 4.98 Å². The van der Waals surface area contributed by atoms with Crippen molar-refractivity contribution in [3.8, 4) is 0 Å². The molecule has 1 aromatic rings. The smallest absolute Gasteiger partial charge is 0.135 e. The first kappa shape index (κ1) is 25.9. The van der Waals surface area contributed by atoms with E-state index in [0.717, 1.165) is 32.1 Å². The number of rotatable bonds is 18. The van der Waals surface area contributed by atoms with Gasteiger partial charge in [-0.25, -0.2) is 0 Å². The maximum Gasteiger partial charge on any atom is 0.135 e. The standard InChI is InChI=1S/C27H47NO/c1-5-7-9-12-16-23(3)26-22-25(20-21-28-26)18-14-11-15-19-27(29)24(4)17-13-10-8-6-2/h20-24H,5-19H2,1-4H3. The van der Waals surface area contributed by atoms with Gasteiger partial charge in [0.15, 0.2) is 0 Å². The summed E-state index contributed by atoms with van der Waals surface area (Å²) in [5.41, 5.74) is 2.66. The maximum absolute atomic E-state index is 12.3. The molecular weight excluding hydrogens is 354 g/mol. The average molecular weight is 402 g/mol. The highest BCUT2D eigenvalue weighted by Crippen LogP contribution is 2.22. The van der Waals surface area contributed by atoms with Crippen molar-refractivity contribution in [2.45, 2.75) is 130 Å². The van der Waals surface area contributed by atoms with E-state index < -0.39 is 0 Å². The quantitative estimate of drug-likeness (QED) is 0.231. The Kier molecular flexibility index (Phi) is 14.8. The Labute approximate surface area is 181 Å². The van der Waals surface area contributed by atoms with E-state index >= 15 is 0 Å². The topological polar surface area (TPSA) is 30.0 Å². The highest BCUT2D eigenvalue weighted by molar-refractivity contribution is 5.80. The molecule has 0 saturated heterocycles. The Morgan fingerprint density at radius 1 is 0.862 bits per heavy atom. The lowest BCUT2D eigenvalue weighted by atomic mass is 9.94. The van der Waals surface area contributed by atoms with E-state index in [1.807, 2.05) is 6.20 Å². The average Bonchev–Trinajstić information content (AvgIpc) is 2.73. The zero-order valence-electron chi connectivity index (χ0n) is 19.8. The Balaban J connectivity index is 2.21. The first-order valence-corrected chi connectivity index (χ1v) is 12.6. The molecular formula is C27H47NO. The summed E-state index contributed by atoms with van der Waals surface area (Å²) in [6.45, 7) is 8.93. The lowest BCUT2D eigenvalue weighted by Gasteiger charge is -2.12. The van der Waals surface area contributed by atoms with Crippen molar-refractivity contribution in [3.05, 3.63) is 29.6 Å². The molecule has 0 bridgehead atoms. The molecule has 0 aromatic carbocycles. The van der Waals surface area contributed by atoms with Crippen LogP contribution in [0.15, 0.2) is 18.3 Å². The monoisotopic (exact) mass is 401 g/mol. The highest BCUT2D eigenvalue weighted by atomic mass is 16.1. The fourth-order valence-corrected chi connectivity index (χ4v) is 4.03. The van der Waals surface area contributed by atoms with Gasteiger partial charge in [-0.1, -0.05) is 85.5 Å². The number of carbonyl (C=O) groups is 1. The predicted molar refractivity (Wildman–Crippen MR) is 127 cm³/mol. The second-order valence-corrected chi connectivity index (χ2v) is 9.12. The van der Waals surface area contributed by atoms with Gasteiger partial charge in [-0.05, 0) is 55.7 Å². The number of hydrogen-bond acceptors (Lipinski definition) is 2. The molecule has 1 rings (SSSR count). The Bertz CT molecular complexity index is 539. The molecule has 1 aromatic heterocycles. The van der Waals surface area contributed by atoms with Crippen LogP contribution in [-0.2, 0) is 11.2 Å². The van der Waals surface area contributed by atoms with E-state index in [2.05, 4.69) is 44.8 Å². The van der Waals surface area contributed by atoms with Gasteiger partial charge in [-0.15, -0.1) is 0 Å². The molecule has 0 aliphatic heterocycles. The van der Waals surface area contributed by atoms with Gasteiger partial charge in [-0.2, -0.15) is 0 Å². The lowest BCUT2D eigenvalue weighted by Crippen LogP contribution is -2.10. The molecule has 29 heavy (non-hydrogen) atoms. The molecule has 166 valence electrons. The van der Waals surface area contributed by atoms with Crippen molar-refractivity contribution in [2.24, 2.45) is 5.92 Å². The van der Waals surface area contributed by atoms with E-state index in [0.29, 0.717) is 11.7 Å². The summed E-state index contributed by atoms with van der Waals surface area (Å²) in [5, 5.41) is 0. The number of pyridine rings is 1. The van der Waals surface area contributed by atoms with Crippen molar-refractivity contribution < 1.29 is 4.79 Å². The summed E-state index contributed by atoms with van der Waals surface area (Å²) in [6, 6.07) is 4.48. The Morgan fingerprint density at radius 3 is 2.21 bits per heavy atom. The van der Waals surface area contributed by atoms with Gasteiger partial charge in [0.25, 0.3) is 0 Å². The van der Waals surface area contributed by atoms with Gasteiger partial charge in [-0.3, -0.25) is 9.78 Å². The zero-order valence-corrected chi connectivity index (χ0v) is 19.8. The van der Waals surface area contributed by atoms with Crippen LogP contribution in [0.5, 0.6) is 0 Å². The van der Waals surface area contributed by atoms with Crippen LogP contribution in [0.4, 0.5) is 0 Å². The van der Waals surface area contributed by atoms with E-state index in [-0.39, 0.29) is 5.92 Å². The number of ketones is 1. The largest absolute Gasteiger partial charge is 0.299 e. The second-order valence-electron chi connectivity index (χ2n) is 9.12. The highest BCUT2D eigenvalue weighted by Gasteiger charge is 2.12. The molecule has 2 atom stereocenters. The van der Waals surface area contributed by atoms with Crippen LogP contribution in [0.3, 0.4) is 0 Å². The van der Waals surface area contributed by atoms with E-state index in [1.165, 1.54) is 75.5 Å². The van der Waals surface area contributed by atoms with Gasteiger partial charge < -0.3 is 0 Å². The van der Waals surface area contributed by atoms with Gasteiger partial charge in [0.05, 0.1) is 0 Å². The SMILES string of the molecule is CCCCCCC(C)C(=O)CCCCCc1ccnc(C(C)CCCCCC)c1. The summed E-state index contributed by atoms with van der Waals surface area (Å²) in [6.07, 6.45) is 19.9. The molecule has 2 heteroatoms. The van der Waals surface area contributed by atoms with Crippen molar-refractivity contribution in [2.75, 3.05) is 0 Å². The van der Waals surface area contributed by atoms with Crippen LogP contribution >= 0.6 is 0 Å². The molecule has 0 aliphatic carbocycles. The minimum atomic E-state index is 0.258. The van der Waals surface area contributed by atoms with Gasteiger partial charge in [0.2, 0.25) is 0 Å². The van der Waals surface area contributed by atoms with Crippen LogP contribution in [0, 0.1) is 5.92 Å². The normalized spacial score (nSPS) is 13.4. The minimum Gasteiger partial charge on any atom is -0.299 e. The van der Waals surface area contributed by atoms with Gasteiger partial charge in [0.1, 0.15) is 5.78 Å². The lowest BCUT2D eigenvalue weighted by molar-refractivity contribution is -0.122. The molecule has 0 amide bonds. The van der Waals surface area contributed by atoms with E-state index in [4.69, 9.17) is 0 Å². The van der Waals surface area contributed by atoms with Gasteiger partial charge in [0, 0.05) is 24.2 Å². The van der Waals surface area contributed by atoms with E-state index in [9.17, 15) is 4.79 Å². The molecule has 2 nitrogen and oxygen atoms in total. The maximum atomic E-state index is 12.3. The van der Waals surface area contributed by atoms with E-state index in [1.54, 1.807) is 0 Å². The van der Waals surface area contributed by atoms with Gasteiger partial charge >= 0.3 is 0 Å². The number of hydrogen-bond donors (Lipinski definition) is 0. The molecule has 1 heterocycles. The molecule has 2 unspecified atom stereocenters. The first-order valence-electron chi connectivity index (χ1n) is 12.6. The number of unbranched alkanes of at least 4 members (excludes halogenated alkanes) is 8. The molecule has 0 saturated carbocycles. The number of carbonyl (C=O) groups excluding carboxylic acids is 1. The third-order valence-electron chi connectivity index (χ3n) is 6.27. The van der Waals surface area contributed by atoms with Crippen LogP contribution in [0.25, 0.3) is 0 Å². The summed E-state index contributed by atoms with van der Waals surface area (Å²) in [5.74, 6) is 1.29. The summed E-state index contributed by atoms with van der Waals surface area (Å²) in [7, 11) is 0. The molecule has 0 aliphatic rings. The van der Waals surface area contributed by atoms with Crippen molar-refractivity contribution in [1.29, 1.82) is 0 Å². The fraction of sp³-hybridized carbons (Fsp3) is 0.778. The van der Waals surface area contributed by atoms with Crippen LogP contribution < -0.4 is 0 Å². The number of aromatic nitrogens is 1. The molecule has 0 radical (unpaired) electrons. The van der Waals surface area contributed by atoms with Crippen LogP contribution in [0.1, 0.15) is 135 Å². The number of aryl methyl sites for hydroxylation is 1. The van der Waals surface area contributed by atoms with Crippen LogP contribution in [0.2, 0.25) is 0 Å². The third-order valence-corrected chi connectivity index (χ3v) is 6.27. The summed E-state index contributed by atoms with van der Waals surface area (Å²) in [4.78, 5) is 16.9. The second kappa shape index (κ2) is 16.6. The fourth-order valence-electron chi connectivity index (χ4n) is 4.03. The summed E-state index contributed by atoms with van der Waals surface area (Å²) < 4.78 is 0. The minimum absolute atomic E-state index is 0.258. The van der Waals surface area contributed by atoms with Crippen LogP contribution in [-0.4, -0.2) is 10.8 Å². The van der Waals surface area contributed by atoms with Crippen molar-refractivity contribution in [3.63, 3.8) is 0 Å². The number of nitrogens with zero attached hydrogens (tertiary/aromatic N) is 1. The molecule has 0 fully saturated rings. The molecule has 0 spiro atoms. The third kappa shape index (κ3) is 12.2. The zero-order chi connectivity index (χ0) is 21.3. The first-order chi connectivity index (χ1) is 14.1. The number of Topliss-reactive ketones (excluding diaryl/α,β-unsaturated/α-hetero) is 1. The van der Waals surface area contributed by atoms with Crippen molar-refractivity contribution >= 4 is 5.78 Å². The predicted octanol–water partition coefficient (Wildman–Crippen LogP) is 8.43. The Morgan fingerprint density at radius 2 is 1.52 bits per heavy atom. The summed E-state index contributed by atoms with van der Waals surface area (Å²) >= 11 is 0.